The molecular weight excluding hydrogens is 356 g/mol. The van der Waals surface area contributed by atoms with Crippen LogP contribution in [0.4, 0.5) is 11.5 Å². The van der Waals surface area contributed by atoms with Crippen LogP contribution in [-0.2, 0) is 14.3 Å². The van der Waals surface area contributed by atoms with Crippen LogP contribution in [0.5, 0.6) is 0 Å². The second kappa shape index (κ2) is 9.52. The summed E-state index contributed by atoms with van der Waals surface area (Å²) >= 11 is 1.22. The van der Waals surface area contributed by atoms with Gasteiger partial charge in [0.25, 0.3) is 0 Å². The highest BCUT2D eigenvalue weighted by molar-refractivity contribution is 7.99. The summed E-state index contributed by atoms with van der Waals surface area (Å²) < 4.78 is 4.90. The minimum absolute atomic E-state index is 0.147. The maximum absolute atomic E-state index is 12.0. The number of ether oxygens (including phenoxy) is 1. The van der Waals surface area contributed by atoms with Gasteiger partial charge in [-0.05, 0) is 43.3 Å². The van der Waals surface area contributed by atoms with Crippen molar-refractivity contribution in [1.82, 2.24) is 10.2 Å². The summed E-state index contributed by atoms with van der Waals surface area (Å²) in [6.07, 6.45) is 0. The van der Waals surface area contributed by atoms with Gasteiger partial charge in [0, 0.05) is 12.6 Å². The van der Waals surface area contributed by atoms with E-state index in [1.165, 1.54) is 18.7 Å². The summed E-state index contributed by atoms with van der Waals surface area (Å²) in [7, 11) is 0. The largest absolute Gasteiger partial charge is 0.462 e. The molecule has 1 aromatic carbocycles. The SMILES string of the molecule is CCOC(=O)c1ccc(NC(=O)CSc2ccc(NC(C)=O)nn2)cc1. The van der Waals surface area contributed by atoms with Crippen molar-refractivity contribution < 1.29 is 19.1 Å². The number of esters is 1. The maximum Gasteiger partial charge on any atom is 0.338 e. The Bertz CT molecular complexity index is 778. The quantitative estimate of drug-likeness (QED) is 0.565. The molecule has 2 amide bonds. The second-order valence-electron chi connectivity index (χ2n) is 5.07. The predicted octanol–water partition coefficient (Wildman–Crippen LogP) is 2.34. The van der Waals surface area contributed by atoms with E-state index in [0.29, 0.717) is 28.7 Å². The van der Waals surface area contributed by atoms with E-state index >= 15 is 0 Å². The predicted molar refractivity (Wildman–Crippen MR) is 98.1 cm³/mol. The topological polar surface area (TPSA) is 110 Å². The highest BCUT2D eigenvalue weighted by Crippen LogP contribution is 2.16. The third-order valence-corrected chi connectivity index (χ3v) is 3.90. The lowest BCUT2D eigenvalue weighted by molar-refractivity contribution is -0.114. The molecule has 0 atom stereocenters. The number of thioether (sulfide) groups is 1. The first-order valence-electron chi connectivity index (χ1n) is 7.79. The molecule has 9 heteroatoms. The standard InChI is InChI=1S/C17H18N4O4S/c1-3-25-17(24)12-4-6-13(7-5-12)19-15(23)10-26-16-9-8-14(20-21-16)18-11(2)22/h4-9H,3,10H2,1-2H3,(H,19,23)(H,18,20,22). The molecule has 1 heterocycles. The number of nitrogens with zero attached hydrogens (tertiary/aromatic N) is 2. The van der Waals surface area contributed by atoms with Crippen molar-refractivity contribution >= 4 is 41.1 Å². The van der Waals surface area contributed by atoms with E-state index in [1.807, 2.05) is 0 Å². The lowest BCUT2D eigenvalue weighted by Crippen LogP contribution is -2.14. The van der Waals surface area contributed by atoms with Gasteiger partial charge in [-0.15, -0.1) is 10.2 Å². The average molecular weight is 374 g/mol. The molecule has 136 valence electrons. The van der Waals surface area contributed by atoms with Crippen LogP contribution in [0.15, 0.2) is 41.4 Å². The number of amides is 2. The molecule has 0 saturated carbocycles. The first-order chi connectivity index (χ1) is 12.5. The normalized spacial score (nSPS) is 10.1. The minimum atomic E-state index is -0.401. The molecule has 2 N–H and O–H groups in total. The molecule has 0 fully saturated rings. The summed E-state index contributed by atoms with van der Waals surface area (Å²) in [5.41, 5.74) is 1.00. The molecule has 0 aliphatic rings. The average Bonchev–Trinajstić information content (AvgIpc) is 2.61. The number of hydrogen-bond donors (Lipinski definition) is 2. The van der Waals surface area contributed by atoms with Crippen LogP contribution in [0, 0.1) is 0 Å². The lowest BCUT2D eigenvalue weighted by Gasteiger charge is -2.06. The zero-order valence-electron chi connectivity index (χ0n) is 14.3. The van der Waals surface area contributed by atoms with Gasteiger partial charge in [0.2, 0.25) is 11.8 Å². The summed E-state index contributed by atoms with van der Waals surface area (Å²) in [6, 6.07) is 9.74. The number of benzene rings is 1. The molecule has 2 aromatic rings. The number of carbonyl (C=O) groups is 3. The van der Waals surface area contributed by atoms with E-state index < -0.39 is 5.97 Å². The molecule has 26 heavy (non-hydrogen) atoms. The second-order valence-corrected chi connectivity index (χ2v) is 6.07. The highest BCUT2D eigenvalue weighted by atomic mass is 32.2. The van der Waals surface area contributed by atoms with E-state index in [9.17, 15) is 14.4 Å². The van der Waals surface area contributed by atoms with Crippen molar-refractivity contribution in [2.75, 3.05) is 23.0 Å². The van der Waals surface area contributed by atoms with Gasteiger partial charge in [-0.1, -0.05) is 11.8 Å². The molecule has 0 bridgehead atoms. The van der Waals surface area contributed by atoms with Gasteiger partial charge in [0.05, 0.1) is 17.9 Å². The molecule has 0 spiro atoms. The third kappa shape index (κ3) is 6.17. The van der Waals surface area contributed by atoms with Crippen molar-refractivity contribution in [3.8, 4) is 0 Å². The first kappa shape index (κ1) is 19.4. The third-order valence-electron chi connectivity index (χ3n) is 2.98. The Labute approximate surface area is 154 Å². The van der Waals surface area contributed by atoms with Crippen molar-refractivity contribution in [3.05, 3.63) is 42.0 Å². The Balaban J connectivity index is 1.83. The summed E-state index contributed by atoms with van der Waals surface area (Å²) in [4.78, 5) is 34.5. The van der Waals surface area contributed by atoms with Crippen LogP contribution in [0.1, 0.15) is 24.2 Å². The van der Waals surface area contributed by atoms with E-state index in [4.69, 9.17) is 4.74 Å². The molecule has 0 aliphatic carbocycles. The van der Waals surface area contributed by atoms with Crippen LogP contribution < -0.4 is 10.6 Å². The Morgan fingerprint density at radius 3 is 2.35 bits per heavy atom. The van der Waals surface area contributed by atoms with Crippen molar-refractivity contribution in [2.45, 2.75) is 18.9 Å². The fraction of sp³-hybridized carbons (Fsp3) is 0.235. The fourth-order valence-corrected chi connectivity index (χ4v) is 2.50. The van der Waals surface area contributed by atoms with Crippen LogP contribution >= 0.6 is 11.8 Å². The Morgan fingerprint density at radius 1 is 1.04 bits per heavy atom. The zero-order chi connectivity index (χ0) is 18.9. The molecular formula is C17H18N4O4S. The Hall–Kier alpha value is -2.94. The van der Waals surface area contributed by atoms with Crippen molar-refractivity contribution in [1.29, 1.82) is 0 Å². The number of nitrogens with one attached hydrogen (secondary N) is 2. The van der Waals surface area contributed by atoms with Gasteiger partial charge >= 0.3 is 5.97 Å². The number of carbonyl (C=O) groups excluding carboxylic acids is 3. The Kier molecular flexibility index (Phi) is 7.10. The van der Waals surface area contributed by atoms with E-state index in [1.54, 1.807) is 43.3 Å². The van der Waals surface area contributed by atoms with Crippen LogP contribution in [0.2, 0.25) is 0 Å². The zero-order valence-corrected chi connectivity index (χ0v) is 15.1. The molecule has 0 unspecified atom stereocenters. The molecule has 0 saturated heterocycles. The van der Waals surface area contributed by atoms with Crippen LogP contribution in [0.3, 0.4) is 0 Å². The lowest BCUT2D eigenvalue weighted by atomic mass is 10.2. The van der Waals surface area contributed by atoms with Gasteiger partial charge in [0.1, 0.15) is 5.03 Å². The number of aromatic nitrogens is 2. The summed E-state index contributed by atoms with van der Waals surface area (Å²) in [5, 5.41) is 13.6. The van der Waals surface area contributed by atoms with E-state index in [0.717, 1.165) is 0 Å². The number of hydrogen-bond acceptors (Lipinski definition) is 7. The number of rotatable bonds is 7. The maximum atomic E-state index is 12.0. The first-order valence-corrected chi connectivity index (χ1v) is 8.77. The van der Waals surface area contributed by atoms with Crippen molar-refractivity contribution in [3.63, 3.8) is 0 Å². The van der Waals surface area contributed by atoms with E-state index in [2.05, 4.69) is 20.8 Å². The van der Waals surface area contributed by atoms with Gasteiger partial charge in [0.15, 0.2) is 5.82 Å². The minimum Gasteiger partial charge on any atom is -0.462 e. The van der Waals surface area contributed by atoms with Gasteiger partial charge in [-0.3, -0.25) is 9.59 Å². The monoisotopic (exact) mass is 374 g/mol. The molecule has 8 nitrogen and oxygen atoms in total. The van der Waals surface area contributed by atoms with Crippen LogP contribution in [0.25, 0.3) is 0 Å². The summed E-state index contributed by atoms with van der Waals surface area (Å²) in [5.74, 6) is -0.344. The van der Waals surface area contributed by atoms with E-state index in [-0.39, 0.29) is 17.6 Å². The van der Waals surface area contributed by atoms with Gasteiger partial charge < -0.3 is 15.4 Å². The van der Waals surface area contributed by atoms with Gasteiger partial charge in [-0.25, -0.2) is 4.79 Å². The smallest absolute Gasteiger partial charge is 0.338 e. The Morgan fingerprint density at radius 2 is 1.77 bits per heavy atom. The van der Waals surface area contributed by atoms with Crippen molar-refractivity contribution in [2.24, 2.45) is 0 Å². The summed E-state index contributed by atoms with van der Waals surface area (Å²) in [6.45, 7) is 3.43. The number of anilines is 2. The van der Waals surface area contributed by atoms with Crippen LogP contribution in [-0.4, -0.2) is 40.3 Å². The van der Waals surface area contributed by atoms with Gasteiger partial charge in [-0.2, -0.15) is 0 Å². The fourth-order valence-electron chi connectivity index (χ4n) is 1.88. The molecule has 0 aliphatic heterocycles. The molecule has 0 radical (unpaired) electrons. The molecule has 1 aromatic heterocycles. The highest BCUT2D eigenvalue weighted by Gasteiger charge is 2.08. The molecule has 2 rings (SSSR count).